The van der Waals surface area contributed by atoms with Crippen LogP contribution in [0.15, 0.2) is 0 Å². The van der Waals surface area contributed by atoms with Gasteiger partial charge in [0.15, 0.2) is 0 Å². The van der Waals surface area contributed by atoms with E-state index in [0.717, 1.165) is 6.42 Å². The van der Waals surface area contributed by atoms with Crippen LogP contribution in [0.3, 0.4) is 0 Å². The molecule has 6 nitrogen and oxygen atoms in total. The van der Waals surface area contributed by atoms with Crippen LogP contribution in [0, 0.1) is 5.92 Å². The maximum absolute atomic E-state index is 11.6. The van der Waals surface area contributed by atoms with E-state index < -0.39 is 17.7 Å². The molecule has 0 unspecified atom stereocenters. The van der Waals surface area contributed by atoms with Gasteiger partial charge in [0.05, 0.1) is 6.04 Å². The van der Waals surface area contributed by atoms with E-state index in [0.29, 0.717) is 13.0 Å². The molecule has 1 aliphatic rings. The third-order valence-electron chi connectivity index (χ3n) is 2.80. The molecule has 1 aliphatic heterocycles. The fraction of sp³-hybridized carbons (Fsp3) is 0.700. The van der Waals surface area contributed by atoms with Gasteiger partial charge in [-0.05, 0) is 19.9 Å². The smallest absolute Gasteiger partial charge is 0.288 e. The second-order valence-corrected chi connectivity index (χ2v) is 3.80. The molecule has 0 aromatic rings. The quantitative estimate of drug-likeness (QED) is 0.494. The fourth-order valence-electron chi connectivity index (χ4n) is 1.79. The highest BCUT2D eigenvalue weighted by molar-refractivity contribution is 6.38. The third-order valence-corrected chi connectivity index (χ3v) is 2.80. The van der Waals surface area contributed by atoms with Crippen molar-refractivity contribution < 1.29 is 14.4 Å². The molecule has 1 fully saturated rings. The number of likely N-dealkylation sites (N-methyl/N-ethyl adjacent to an activating group) is 2. The minimum atomic E-state index is -0.627. The van der Waals surface area contributed by atoms with Gasteiger partial charge in [0.2, 0.25) is 11.7 Å². The summed E-state index contributed by atoms with van der Waals surface area (Å²) in [7, 11) is 3.02. The summed E-state index contributed by atoms with van der Waals surface area (Å²) in [5.41, 5.74) is 0. The van der Waals surface area contributed by atoms with Crippen molar-refractivity contribution in [3.63, 3.8) is 0 Å². The lowest BCUT2D eigenvalue weighted by Crippen LogP contribution is -2.44. The number of ketones is 1. The zero-order valence-corrected chi connectivity index (χ0v) is 9.50. The molecular formula is C10H17N3O3. The Bertz CT molecular complexity index is 304. The molecule has 1 saturated heterocycles. The molecule has 1 rings (SSSR count). The number of rotatable bonds is 5. The van der Waals surface area contributed by atoms with E-state index in [4.69, 9.17) is 0 Å². The maximum Gasteiger partial charge on any atom is 0.288 e. The van der Waals surface area contributed by atoms with Crippen LogP contribution in [0.25, 0.3) is 0 Å². The van der Waals surface area contributed by atoms with Crippen molar-refractivity contribution in [1.29, 1.82) is 0 Å². The van der Waals surface area contributed by atoms with Gasteiger partial charge in [-0.15, -0.1) is 0 Å². The molecule has 0 spiro atoms. The number of amides is 2. The van der Waals surface area contributed by atoms with Crippen molar-refractivity contribution in [2.45, 2.75) is 18.9 Å². The molecule has 0 aromatic heterocycles. The van der Waals surface area contributed by atoms with Crippen molar-refractivity contribution >= 4 is 17.6 Å². The van der Waals surface area contributed by atoms with E-state index in [1.54, 1.807) is 7.05 Å². The molecular weight excluding hydrogens is 210 g/mol. The number of carbonyl (C=O) groups excluding carboxylic acids is 3. The molecule has 2 atom stereocenters. The zero-order valence-electron chi connectivity index (χ0n) is 9.50. The average molecular weight is 227 g/mol. The molecule has 0 aliphatic carbocycles. The van der Waals surface area contributed by atoms with Gasteiger partial charge >= 0.3 is 0 Å². The average Bonchev–Trinajstić information content (AvgIpc) is 2.69. The van der Waals surface area contributed by atoms with Crippen LogP contribution in [0.4, 0.5) is 0 Å². The first-order chi connectivity index (χ1) is 7.60. The molecule has 0 aromatic carbocycles. The Labute approximate surface area is 94.2 Å². The largest absolute Gasteiger partial charge is 0.356 e. The Morgan fingerprint density at radius 1 is 1.50 bits per heavy atom. The number of hydrogen-bond donors (Lipinski definition) is 3. The Morgan fingerprint density at radius 2 is 2.19 bits per heavy atom. The summed E-state index contributed by atoms with van der Waals surface area (Å²) in [6, 6.07) is -0.589. The van der Waals surface area contributed by atoms with E-state index in [1.807, 2.05) is 0 Å². The normalized spacial score (nSPS) is 21.4. The fourth-order valence-corrected chi connectivity index (χ4v) is 1.79. The summed E-state index contributed by atoms with van der Waals surface area (Å²) in [6.07, 6.45) is 1.09. The van der Waals surface area contributed by atoms with Crippen LogP contribution >= 0.6 is 0 Å². The molecule has 0 radical (unpaired) electrons. The predicted molar refractivity (Wildman–Crippen MR) is 57.7 cm³/mol. The van der Waals surface area contributed by atoms with Gasteiger partial charge in [-0.2, -0.15) is 0 Å². The number of carbonyl (C=O) groups is 3. The summed E-state index contributed by atoms with van der Waals surface area (Å²) in [5, 5.41) is 7.76. The van der Waals surface area contributed by atoms with E-state index in [9.17, 15) is 14.4 Å². The topological polar surface area (TPSA) is 87.3 Å². The van der Waals surface area contributed by atoms with Gasteiger partial charge in [-0.25, -0.2) is 0 Å². The van der Waals surface area contributed by atoms with Gasteiger partial charge in [0.1, 0.15) is 0 Å². The van der Waals surface area contributed by atoms with Gasteiger partial charge in [-0.1, -0.05) is 0 Å². The maximum atomic E-state index is 11.6. The van der Waals surface area contributed by atoms with Crippen molar-refractivity contribution in [3.05, 3.63) is 0 Å². The van der Waals surface area contributed by atoms with Crippen molar-refractivity contribution in [2.24, 2.45) is 5.92 Å². The predicted octanol–water partition coefficient (Wildman–Crippen LogP) is -1.58. The minimum Gasteiger partial charge on any atom is -0.356 e. The Morgan fingerprint density at radius 3 is 2.62 bits per heavy atom. The molecule has 1 heterocycles. The molecule has 0 saturated carbocycles. The van der Waals surface area contributed by atoms with Gasteiger partial charge in [0.25, 0.3) is 5.91 Å². The molecule has 6 heteroatoms. The van der Waals surface area contributed by atoms with E-state index >= 15 is 0 Å². The van der Waals surface area contributed by atoms with Crippen LogP contribution in [0.1, 0.15) is 12.8 Å². The highest BCUT2D eigenvalue weighted by Crippen LogP contribution is 2.16. The van der Waals surface area contributed by atoms with Crippen molar-refractivity contribution in [3.8, 4) is 0 Å². The summed E-state index contributed by atoms with van der Waals surface area (Å²) >= 11 is 0. The Hall–Kier alpha value is -1.43. The van der Waals surface area contributed by atoms with E-state index in [2.05, 4.69) is 16.0 Å². The third kappa shape index (κ3) is 2.79. The second kappa shape index (κ2) is 5.60. The first-order valence-electron chi connectivity index (χ1n) is 5.31. The number of hydrogen-bond acceptors (Lipinski definition) is 4. The van der Waals surface area contributed by atoms with Crippen LogP contribution in [-0.4, -0.2) is 44.3 Å². The Kier molecular flexibility index (Phi) is 4.42. The summed E-state index contributed by atoms with van der Waals surface area (Å²) in [6.45, 7) is 0.647. The van der Waals surface area contributed by atoms with Crippen molar-refractivity contribution in [2.75, 3.05) is 20.6 Å². The van der Waals surface area contributed by atoms with Crippen LogP contribution in [-0.2, 0) is 14.4 Å². The monoisotopic (exact) mass is 227 g/mol. The van der Waals surface area contributed by atoms with Gasteiger partial charge < -0.3 is 16.0 Å². The lowest BCUT2D eigenvalue weighted by molar-refractivity contribution is -0.139. The molecule has 0 bridgehead atoms. The lowest BCUT2D eigenvalue weighted by Gasteiger charge is -2.16. The van der Waals surface area contributed by atoms with E-state index in [-0.39, 0.29) is 11.8 Å². The number of nitrogens with one attached hydrogen (secondary N) is 3. The second-order valence-electron chi connectivity index (χ2n) is 3.80. The van der Waals surface area contributed by atoms with Gasteiger partial charge in [-0.3, -0.25) is 14.4 Å². The minimum absolute atomic E-state index is 0.0371. The first-order valence-corrected chi connectivity index (χ1v) is 5.31. The van der Waals surface area contributed by atoms with Crippen LogP contribution in [0.5, 0.6) is 0 Å². The van der Waals surface area contributed by atoms with Crippen LogP contribution < -0.4 is 16.0 Å². The first kappa shape index (κ1) is 12.6. The standard InChI is InChI=1S/C10H17N3O3/c1-11-7(8(14)10(16)12-2)5-6-3-4-13-9(6)15/h6-7,11H,3-5H2,1-2H3,(H,12,16)(H,13,15)/t6-,7-/m0/s1. The SMILES string of the molecule is CNC(=O)C(=O)[C@H](C[C@@H]1CCNC1=O)NC. The molecule has 2 amide bonds. The van der Waals surface area contributed by atoms with Gasteiger partial charge in [0, 0.05) is 19.5 Å². The zero-order chi connectivity index (χ0) is 12.1. The Balaban J connectivity index is 2.57. The molecule has 90 valence electrons. The summed E-state index contributed by atoms with van der Waals surface area (Å²) in [4.78, 5) is 34.1. The van der Waals surface area contributed by atoms with Crippen LogP contribution in [0.2, 0.25) is 0 Å². The summed E-state index contributed by atoms with van der Waals surface area (Å²) in [5.74, 6) is -1.36. The lowest BCUT2D eigenvalue weighted by atomic mass is 9.95. The number of Topliss-reactive ketones (excluding diaryl/α,β-unsaturated/α-hetero) is 1. The van der Waals surface area contributed by atoms with E-state index in [1.165, 1.54) is 7.05 Å². The molecule has 3 N–H and O–H groups in total. The highest BCUT2D eigenvalue weighted by atomic mass is 16.2. The van der Waals surface area contributed by atoms with Crippen molar-refractivity contribution in [1.82, 2.24) is 16.0 Å². The highest BCUT2D eigenvalue weighted by Gasteiger charge is 2.31. The molecule has 16 heavy (non-hydrogen) atoms. The summed E-state index contributed by atoms with van der Waals surface area (Å²) < 4.78 is 0.